The van der Waals surface area contributed by atoms with Gasteiger partial charge in [0.25, 0.3) is 0 Å². The second-order valence-electron chi connectivity index (χ2n) is 7.53. The lowest BCUT2D eigenvalue weighted by molar-refractivity contribution is 0.318. The van der Waals surface area contributed by atoms with Crippen LogP contribution in [0.1, 0.15) is 23.1 Å². The Morgan fingerprint density at radius 3 is 2.04 bits per heavy atom. The molecule has 28 heavy (non-hydrogen) atoms. The molecule has 1 heterocycles. The number of benzene rings is 3. The number of hydrogen-bond donors (Lipinski definition) is 0. The summed E-state index contributed by atoms with van der Waals surface area (Å²) in [7, 11) is 0. The Hall–Kier alpha value is -2.90. The SMILES string of the molecule is C(=C\c1ccccc1)/CC1CN(Cc2ccccc2)C/C1=C/c1ccccc1. The Kier molecular flexibility index (Phi) is 6.16. The molecule has 1 fully saturated rings. The van der Waals surface area contributed by atoms with Gasteiger partial charge in [-0.2, -0.15) is 0 Å². The van der Waals surface area contributed by atoms with Crippen LogP contribution >= 0.6 is 0 Å². The highest BCUT2D eigenvalue weighted by Gasteiger charge is 2.26. The molecule has 0 amide bonds. The van der Waals surface area contributed by atoms with Gasteiger partial charge in [0.2, 0.25) is 0 Å². The van der Waals surface area contributed by atoms with E-state index in [0.717, 1.165) is 26.1 Å². The number of likely N-dealkylation sites (tertiary alicyclic amines) is 1. The number of allylic oxidation sites excluding steroid dienone is 1. The van der Waals surface area contributed by atoms with E-state index >= 15 is 0 Å². The van der Waals surface area contributed by atoms with Gasteiger partial charge in [-0.25, -0.2) is 0 Å². The van der Waals surface area contributed by atoms with Gasteiger partial charge in [0, 0.05) is 19.6 Å². The summed E-state index contributed by atoms with van der Waals surface area (Å²) in [4.78, 5) is 2.57. The third-order valence-corrected chi connectivity index (χ3v) is 5.34. The molecule has 3 aromatic carbocycles. The largest absolute Gasteiger partial charge is 0.295 e. The third-order valence-electron chi connectivity index (χ3n) is 5.34. The minimum absolute atomic E-state index is 0.573. The Balaban J connectivity index is 1.49. The van der Waals surface area contributed by atoms with Crippen LogP contribution in [-0.2, 0) is 6.54 Å². The van der Waals surface area contributed by atoms with Crippen LogP contribution < -0.4 is 0 Å². The van der Waals surface area contributed by atoms with Crippen molar-refractivity contribution in [3.63, 3.8) is 0 Å². The van der Waals surface area contributed by atoms with Gasteiger partial charge in [-0.1, -0.05) is 115 Å². The molecule has 3 aromatic rings. The van der Waals surface area contributed by atoms with E-state index in [-0.39, 0.29) is 0 Å². The van der Waals surface area contributed by atoms with E-state index in [4.69, 9.17) is 0 Å². The summed E-state index contributed by atoms with van der Waals surface area (Å²) in [5.41, 5.74) is 5.51. The molecule has 1 atom stereocenters. The molecule has 0 N–H and O–H groups in total. The molecular weight excluding hydrogens is 338 g/mol. The van der Waals surface area contributed by atoms with Crippen molar-refractivity contribution in [3.8, 4) is 0 Å². The zero-order chi connectivity index (χ0) is 19.0. The lowest BCUT2D eigenvalue weighted by Gasteiger charge is -2.15. The summed E-state index contributed by atoms with van der Waals surface area (Å²) in [5, 5.41) is 0. The second-order valence-corrected chi connectivity index (χ2v) is 7.53. The first-order chi connectivity index (χ1) is 13.9. The molecule has 1 unspecified atom stereocenters. The van der Waals surface area contributed by atoms with E-state index in [9.17, 15) is 0 Å². The van der Waals surface area contributed by atoms with E-state index in [0.29, 0.717) is 5.92 Å². The molecule has 1 aliphatic heterocycles. The van der Waals surface area contributed by atoms with Gasteiger partial charge in [-0.3, -0.25) is 4.90 Å². The van der Waals surface area contributed by atoms with Gasteiger partial charge in [-0.05, 0) is 29.0 Å². The maximum absolute atomic E-state index is 2.57. The minimum atomic E-state index is 0.573. The van der Waals surface area contributed by atoms with Gasteiger partial charge in [0.05, 0.1) is 0 Å². The molecule has 0 aliphatic carbocycles. The van der Waals surface area contributed by atoms with Crippen LogP contribution in [0.5, 0.6) is 0 Å². The molecule has 0 aromatic heterocycles. The predicted octanol–water partition coefficient (Wildman–Crippen LogP) is 6.31. The van der Waals surface area contributed by atoms with Gasteiger partial charge in [0.15, 0.2) is 0 Å². The quantitative estimate of drug-likeness (QED) is 0.495. The van der Waals surface area contributed by atoms with Crippen molar-refractivity contribution in [3.05, 3.63) is 119 Å². The first-order valence-corrected chi connectivity index (χ1v) is 10.1. The number of hydrogen-bond acceptors (Lipinski definition) is 1. The monoisotopic (exact) mass is 365 g/mol. The Bertz CT molecular complexity index is 910. The normalized spacial score (nSPS) is 18.9. The van der Waals surface area contributed by atoms with Crippen LogP contribution in [0.15, 0.2) is 103 Å². The van der Waals surface area contributed by atoms with Crippen molar-refractivity contribution in [1.82, 2.24) is 4.90 Å². The summed E-state index contributed by atoms with van der Waals surface area (Å²) in [6, 6.07) is 32.1. The highest BCUT2D eigenvalue weighted by molar-refractivity contribution is 5.55. The fourth-order valence-corrected chi connectivity index (χ4v) is 3.93. The summed E-state index contributed by atoms with van der Waals surface area (Å²) in [6.45, 7) is 3.19. The summed E-state index contributed by atoms with van der Waals surface area (Å²) < 4.78 is 0. The molecule has 1 heteroatoms. The number of rotatable bonds is 6. The predicted molar refractivity (Wildman–Crippen MR) is 120 cm³/mol. The molecular formula is C27H27N. The first-order valence-electron chi connectivity index (χ1n) is 10.1. The van der Waals surface area contributed by atoms with Gasteiger partial charge in [0.1, 0.15) is 0 Å². The second kappa shape index (κ2) is 9.34. The molecule has 1 aliphatic rings. The molecule has 0 bridgehead atoms. The Labute approximate surface area is 168 Å². The molecule has 4 rings (SSSR count). The smallest absolute Gasteiger partial charge is 0.0237 e. The summed E-state index contributed by atoms with van der Waals surface area (Å²) >= 11 is 0. The molecule has 0 saturated carbocycles. The lowest BCUT2D eigenvalue weighted by Crippen LogP contribution is -2.19. The molecule has 0 spiro atoms. The van der Waals surface area contributed by atoms with Gasteiger partial charge in [-0.15, -0.1) is 0 Å². The lowest BCUT2D eigenvalue weighted by atomic mass is 9.96. The van der Waals surface area contributed by atoms with Crippen LogP contribution in [0.3, 0.4) is 0 Å². The molecule has 1 nitrogen and oxygen atoms in total. The average Bonchev–Trinajstić information content (AvgIpc) is 3.11. The summed E-state index contributed by atoms with van der Waals surface area (Å²) in [5.74, 6) is 0.573. The summed E-state index contributed by atoms with van der Waals surface area (Å²) in [6.07, 6.45) is 8.07. The first kappa shape index (κ1) is 18.5. The standard InChI is InChI=1S/C27H27N/c1-4-11-23(12-5-1)17-10-18-26-21-28(20-25-15-8-3-9-16-25)22-27(26)19-24-13-6-2-7-14-24/h1-17,19,26H,18,20-22H2/b17-10+,27-19-. The molecule has 1 saturated heterocycles. The van der Waals surface area contributed by atoms with E-state index in [1.54, 1.807) is 5.57 Å². The van der Waals surface area contributed by atoms with Crippen LogP contribution in [0.4, 0.5) is 0 Å². The van der Waals surface area contributed by atoms with Crippen LogP contribution in [0, 0.1) is 5.92 Å². The van der Waals surface area contributed by atoms with Crippen molar-refractivity contribution in [2.45, 2.75) is 13.0 Å². The van der Waals surface area contributed by atoms with E-state index in [1.165, 1.54) is 16.7 Å². The van der Waals surface area contributed by atoms with Gasteiger partial charge < -0.3 is 0 Å². The van der Waals surface area contributed by atoms with E-state index in [1.807, 2.05) is 0 Å². The Morgan fingerprint density at radius 1 is 0.750 bits per heavy atom. The van der Waals surface area contributed by atoms with E-state index in [2.05, 4.69) is 114 Å². The van der Waals surface area contributed by atoms with Crippen LogP contribution in [0.2, 0.25) is 0 Å². The molecule has 0 radical (unpaired) electrons. The van der Waals surface area contributed by atoms with E-state index < -0.39 is 0 Å². The maximum atomic E-state index is 2.57. The van der Waals surface area contributed by atoms with Crippen molar-refractivity contribution in [2.75, 3.05) is 13.1 Å². The third kappa shape index (κ3) is 5.09. The van der Waals surface area contributed by atoms with Crippen molar-refractivity contribution in [2.24, 2.45) is 5.92 Å². The average molecular weight is 366 g/mol. The molecule has 140 valence electrons. The van der Waals surface area contributed by atoms with Crippen molar-refractivity contribution >= 4 is 12.2 Å². The van der Waals surface area contributed by atoms with Crippen molar-refractivity contribution in [1.29, 1.82) is 0 Å². The van der Waals surface area contributed by atoms with Crippen LogP contribution in [0.25, 0.3) is 12.2 Å². The topological polar surface area (TPSA) is 3.24 Å². The highest BCUT2D eigenvalue weighted by Crippen LogP contribution is 2.29. The highest BCUT2D eigenvalue weighted by atomic mass is 15.1. The maximum Gasteiger partial charge on any atom is 0.0237 e. The fourth-order valence-electron chi connectivity index (χ4n) is 3.93. The minimum Gasteiger partial charge on any atom is -0.295 e. The fraction of sp³-hybridized carbons (Fsp3) is 0.185. The van der Waals surface area contributed by atoms with Crippen LogP contribution in [-0.4, -0.2) is 18.0 Å². The van der Waals surface area contributed by atoms with Crippen molar-refractivity contribution < 1.29 is 0 Å². The zero-order valence-corrected chi connectivity index (χ0v) is 16.2. The zero-order valence-electron chi connectivity index (χ0n) is 16.2. The van der Waals surface area contributed by atoms with Gasteiger partial charge >= 0.3 is 0 Å². The Morgan fingerprint density at radius 2 is 1.36 bits per heavy atom. The number of nitrogens with zero attached hydrogens (tertiary/aromatic N) is 1.